The van der Waals surface area contributed by atoms with Crippen LogP contribution in [-0.4, -0.2) is 55.0 Å². The van der Waals surface area contributed by atoms with Gasteiger partial charge in [-0.25, -0.2) is 4.79 Å². The molecule has 1 aliphatic carbocycles. The minimum Gasteiger partial charge on any atom is -0.481 e. The number of rotatable bonds is 9. The smallest absolute Gasteiger partial charge is 0.407 e. The maximum atomic E-state index is 12.9. The molecule has 0 aromatic heterocycles. The third-order valence-electron chi connectivity index (χ3n) is 6.87. The number of hydrogen-bond donors (Lipinski definition) is 3. The van der Waals surface area contributed by atoms with E-state index in [1.54, 1.807) is 0 Å². The molecule has 2 aromatic rings. The summed E-state index contributed by atoms with van der Waals surface area (Å²) in [5.41, 5.74) is 4.42. The van der Waals surface area contributed by atoms with E-state index in [0.717, 1.165) is 41.7 Å². The summed E-state index contributed by atoms with van der Waals surface area (Å²) in [7, 11) is 0. The number of carboxylic acid groups (broad SMARTS) is 1. The molecule has 186 valence electrons. The number of carbonyl (C=O) groups excluding carboxylic acids is 2. The average molecular weight is 481 g/mol. The van der Waals surface area contributed by atoms with Crippen LogP contribution in [0.25, 0.3) is 11.1 Å². The standard InChI is InChI=1S/C27H32N2O6/c1-17(18-7-6-14-34-15-18)28-26(32)24(12-13-25(30)31)29-27(33)35-16-23-21-10-4-2-8-19(21)20-9-3-5-11-22(20)23/h2-5,8-11,17-18,23-24H,6-7,12-16H2,1H3,(H,28,32)(H,29,33)(H,30,31). The highest BCUT2D eigenvalue weighted by Crippen LogP contribution is 2.44. The molecule has 4 rings (SSSR count). The minimum absolute atomic E-state index is 0.0285. The first kappa shape index (κ1) is 24.7. The van der Waals surface area contributed by atoms with Crippen molar-refractivity contribution in [1.29, 1.82) is 0 Å². The maximum absolute atomic E-state index is 12.9. The fourth-order valence-corrected chi connectivity index (χ4v) is 4.92. The number of hydrogen-bond acceptors (Lipinski definition) is 5. The van der Waals surface area contributed by atoms with Crippen LogP contribution in [0.3, 0.4) is 0 Å². The van der Waals surface area contributed by atoms with E-state index in [2.05, 4.69) is 22.8 Å². The number of nitrogens with one attached hydrogen (secondary N) is 2. The van der Waals surface area contributed by atoms with E-state index in [1.807, 2.05) is 43.3 Å². The molecule has 3 atom stereocenters. The molecule has 8 nitrogen and oxygen atoms in total. The van der Waals surface area contributed by atoms with Crippen LogP contribution in [0.2, 0.25) is 0 Å². The Morgan fingerprint density at radius 2 is 1.71 bits per heavy atom. The lowest BCUT2D eigenvalue weighted by atomic mass is 9.94. The van der Waals surface area contributed by atoms with Crippen molar-refractivity contribution in [2.24, 2.45) is 5.92 Å². The predicted molar refractivity (Wildman–Crippen MR) is 130 cm³/mol. The number of amides is 2. The van der Waals surface area contributed by atoms with Crippen LogP contribution < -0.4 is 10.6 Å². The molecule has 0 spiro atoms. The Labute approximate surface area is 205 Å². The van der Waals surface area contributed by atoms with E-state index in [9.17, 15) is 14.4 Å². The topological polar surface area (TPSA) is 114 Å². The van der Waals surface area contributed by atoms with Crippen LogP contribution in [0.4, 0.5) is 4.79 Å². The second kappa shape index (κ2) is 11.4. The number of benzene rings is 2. The normalized spacial score (nSPS) is 18.6. The van der Waals surface area contributed by atoms with E-state index >= 15 is 0 Å². The van der Waals surface area contributed by atoms with Gasteiger partial charge in [-0.1, -0.05) is 48.5 Å². The van der Waals surface area contributed by atoms with Crippen LogP contribution in [0.1, 0.15) is 49.7 Å². The third-order valence-corrected chi connectivity index (χ3v) is 6.87. The van der Waals surface area contributed by atoms with Gasteiger partial charge in [-0.05, 0) is 48.4 Å². The fourth-order valence-electron chi connectivity index (χ4n) is 4.92. The van der Waals surface area contributed by atoms with E-state index in [4.69, 9.17) is 14.6 Å². The SMILES string of the molecule is CC(NC(=O)C(CCC(=O)O)NC(=O)OCC1c2ccccc2-c2ccccc21)C1CCCOC1. The van der Waals surface area contributed by atoms with Crippen molar-refractivity contribution < 1.29 is 29.0 Å². The van der Waals surface area contributed by atoms with Crippen molar-refractivity contribution >= 4 is 18.0 Å². The van der Waals surface area contributed by atoms with Gasteiger partial charge in [0.05, 0.1) is 6.61 Å². The summed E-state index contributed by atoms with van der Waals surface area (Å²) < 4.78 is 11.1. The Kier molecular flexibility index (Phi) is 8.02. The summed E-state index contributed by atoms with van der Waals surface area (Å²) in [6, 6.07) is 14.9. The highest BCUT2D eigenvalue weighted by atomic mass is 16.5. The Bertz CT molecular complexity index is 1020. The van der Waals surface area contributed by atoms with E-state index < -0.39 is 24.0 Å². The zero-order valence-corrected chi connectivity index (χ0v) is 19.9. The Morgan fingerprint density at radius 1 is 1.06 bits per heavy atom. The molecule has 0 radical (unpaired) electrons. The lowest BCUT2D eigenvalue weighted by molar-refractivity contribution is -0.137. The summed E-state index contributed by atoms with van der Waals surface area (Å²) in [5.74, 6) is -1.38. The highest BCUT2D eigenvalue weighted by Gasteiger charge is 2.31. The average Bonchev–Trinajstić information content (AvgIpc) is 3.19. The van der Waals surface area contributed by atoms with Crippen LogP contribution >= 0.6 is 0 Å². The van der Waals surface area contributed by atoms with Crippen molar-refractivity contribution in [3.05, 3.63) is 59.7 Å². The molecule has 1 aliphatic heterocycles. The predicted octanol–water partition coefficient (Wildman–Crippen LogP) is 3.69. The monoisotopic (exact) mass is 480 g/mol. The van der Waals surface area contributed by atoms with Gasteiger partial charge in [0.2, 0.25) is 5.91 Å². The highest BCUT2D eigenvalue weighted by molar-refractivity contribution is 5.86. The van der Waals surface area contributed by atoms with Gasteiger partial charge in [-0.2, -0.15) is 0 Å². The van der Waals surface area contributed by atoms with Crippen molar-refractivity contribution in [3.63, 3.8) is 0 Å². The van der Waals surface area contributed by atoms with E-state index in [-0.39, 0.29) is 37.3 Å². The van der Waals surface area contributed by atoms with Gasteiger partial charge in [0.1, 0.15) is 12.6 Å². The zero-order chi connectivity index (χ0) is 24.8. The van der Waals surface area contributed by atoms with Crippen LogP contribution in [0.5, 0.6) is 0 Å². The van der Waals surface area contributed by atoms with E-state index in [1.165, 1.54) is 0 Å². The quantitative estimate of drug-likeness (QED) is 0.504. The molecule has 35 heavy (non-hydrogen) atoms. The van der Waals surface area contributed by atoms with Gasteiger partial charge in [-0.3, -0.25) is 9.59 Å². The molecule has 1 saturated heterocycles. The Morgan fingerprint density at radius 3 is 2.31 bits per heavy atom. The maximum Gasteiger partial charge on any atom is 0.407 e. The Balaban J connectivity index is 1.38. The van der Waals surface area contributed by atoms with Gasteiger partial charge >= 0.3 is 12.1 Å². The summed E-state index contributed by atoms with van der Waals surface area (Å²) >= 11 is 0. The molecule has 1 heterocycles. The number of carboxylic acids is 1. The van der Waals surface area contributed by atoms with Gasteiger partial charge in [0.25, 0.3) is 0 Å². The van der Waals surface area contributed by atoms with Crippen LogP contribution in [0, 0.1) is 5.92 Å². The molecule has 2 aromatic carbocycles. The Hall–Kier alpha value is -3.39. The largest absolute Gasteiger partial charge is 0.481 e. The summed E-state index contributed by atoms with van der Waals surface area (Å²) in [4.78, 5) is 36.7. The van der Waals surface area contributed by atoms with Crippen molar-refractivity contribution in [2.75, 3.05) is 19.8 Å². The molecule has 1 fully saturated rings. The number of carbonyl (C=O) groups is 3. The molecule has 2 aliphatic rings. The van der Waals surface area contributed by atoms with Crippen LogP contribution in [-0.2, 0) is 19.1 Å². The minimum atomic E-state index is -1.04. The third kappa shape index (κ3) is 6.00. The lowest BCUT2D eigenvalue weighted by Gasteiger charge is -2.29. The number of alkyl carbamates (subject to hydrolysis) is 1. The molecule has 2 amide bonds. The number of fused-ring (bicyclic) bond motifs is 3. The molecule has 0 saturated carbocycles. The number of aliphatic carboxylic acids is 1. The first-order valence-corrected chi connectivity index (χ1v) is 12.2. The summed E-state index contributed by atoms with van der Waals surface area (Å²) in [6.07, 6.45) is 0.861. The summed E-state index contributed by atoms with van der Waals surface area (Å²) in [5, 5.41) is 14.6. The molecule has 3 N–H and O–H groups in total. The summed E-state index contributed by atoms with van der Waals surface area (Å²) in [6.45, 7) is 3.31. The van der Waals surface area contributed by atoms with E-state index in [0.29, 0.717) is 6.61 Å². The van der Waals surface area contributed by atoms with Crippen LogP contribution in [0.15, 0.2) is 48.5 Å². The van der Waals surface area contributed by atoms with Gasteiger partial charge in [-0.15, -0.1) is 0 Å². The van der Waals surface area contributed by atoms with Gasteiger partial charge in [0.15, 0.2) is 0 Å². The second-order valence-corrected chi connectivity index (χ2v) is 9.23. The molecule has 8 heteroatoms. The molecular weight excluding hydrogens is 448 g/mol. The fraction of sp³-hybridized carbons (Fsp3) is 0.444. The van der Waals surface area contributed by atoms with Crippen molar-refractivity contribution in [3.8, 4) is 11.1 Å². The lowest BCUT2D eigenvalue weighted by Crippen LogP contribution is -2.51. The molecular formula is C27H32N2O6. The number of ether oxygens (including phenoxy) is 2. The van der Waals surface area contributed by atoms with Gasteiger partial charge < -0.3 is 25.2 Å². The van der Waals surface area contributed by atoms with Crippen molar-refractivity contribution in [2.45, 2.75) is 50.6 Å². The molecule has 3 unspecified atom stereocenters. The zero-order valence-electron chi connectivity index (χ0n) is 19.9. The first-order chi connectivity index (χ1) is 16.9. The van der Waals surface area contributed by atoms with Gasteiger partial charge in [0, 0.05) is 30.9 Å². The molecule has 0 bridgehead atoms. The van der Waals surface area contributed by atoms with Crippen molar-refractivity contribution in [1.82, 2.24) is 10.6 Å². The first-order valence-electron chi connectivity index (χ1n) is 12.2. The second-order valence-electron chi connectivity index (χ2n) is 9.23.